The molecule has 4 heteroatoms. The number of aromatic hydroxyl groups is 2. The van der Waals surface area contributed by atoms with Gasteiger partial charge in [-0.2, -0.15) is 0 Å². The number of aryl methyl sites for hydroxylation is 1. The van der Waals surface area contributed by atoms with Gasteiger partial charge in [0.25, 0.3) is 5.91 Å². The van der Waals surface area contributed by atoms with E-state index in [2.05, 4.69) is 0 Å². The number of hydrogen-bond acceptors (Lipinski definition) is 3. The van der Waals surface area contributed by atoms with Crippen LogP contribution in [0.15, 0.2) is 97.1 Å². The number of phenolic OH excluding ortho intramolecular Hbond substituents is 2. The van der Waals surface area contributed by atoms with Crippen molar-refractivity contribution in [2.24, 2.45) is 0 Å². The summed E-state index contributed by atoms with van der Waals surface area (Å²) in [4.78, 5) is 15.6. The second-order valence-electron chi connectivity index (χ2n) is 8.09. The molecule has 0 aliphatic heterocycles. The molecule has 0 radical (unpaired) electrons. The molecule has 0 spiro atoms. The Morgan fingerprint density at radius 2 is 1.36 bits per heavy atom. The lowest BCUT2D eigenvalue weighted by molar-refractivity contribution is 0.0987. The van der Waals surface area contributed by atoms with E-state index < -0.39 is 0 Å². The molecule has 4 aromatic carbocycles. The van der Waals surface area contributed by atoms with Crippen LogP contribution in [0.25, 0.3) is 0 Å². The third-order valence-electron chi connectivity index (χ3n) is 5.83. The van der Waals surface area contributed by atoms with Crippen LogP contribution in [0.4, 0.5) is 5.69 Å². The molecule has 0 saturated carbocycles. The number of benzene rings is 4. The lowest BCUT2D eigenvalue weighted by atomic mass is 9.82. The first-order valence-corrected chi connectivity index (χ1v) is 11.0. The van der Waals surface area contributed by atoms with Gasteiger partial charge in [-0.15, -0.1) is 0 Å². The zero-order valence-electron chi connectivity index (χ0n) is 18.8. The molecule has 4 rings (SSSR count). The smallest absolute Gasteiger partial charge is 0.258 e. The van der Waals surface area contributed by atoms with Gasteiger partial charge in [0.15, 0.2) is 0 Å². The SMILES string of the molecule is CCN(C(=O)c1ccccc1C(c1ccc(O)cc1)c1ccc(O)cc1)c1cccc(C)c1. The number of phenols is 2. The third-order valence-corrected chi connectivity index (χ3v) is 5.83. The summed E-state index contributed by atoms with van der Waals surface area (Å²) >= 11 is 0. The van der Waals surface area contributed by atoms with Gasteiger partial charge in [0.2, 0.25) is 0 Å². The summed E-state index contributed by atoms with van der Waals surface area (Å²) in [6.07, 6.45) is 0. The fraction of sp³-hybridized carbons (Fsp3) is 0.138. The number of carbonyl (C=O) groups excluding carboxylic acids is 1. The normalized spacial score (nSPS) is 10.9. The Morgan fingerprint density at radius 1 is 0.788 bits per heavy atom. The third kappa shape index (κ3) is 4.75. The van der Waals surface area contributed by atoms with Gasteiger partial charge < -0.3 is 15.1 Å². The molecule has 0 aliphatic rings. The molecule has 33 heavy (non-hydrogen) atoms. The molecule has 0 saturated heterocycles. The minimum atomic E-state index is -0.248. The Kier molecular flexibility index (Phi) is 6.45. The largest absolute Gasteiger partial charge is 0.508 e. The molecule has 1 amide bonds. The van der Waals surface area contributed by atoms with Crippen molar-refractivity contribution in [2.75, 3.05) is 11.4 Å². The summed E-state index contributed by atoms with van der Waals surface area (Å²) in [5.41, 5.74) is 5.33. The van der Waals surface area contributed by atoms with Crippen molar-refractivity contribution >= 4 is 11.6 Å². The number of hydrogen-bond donors (Lipinski definition) is 2. The molecule has 166 valence electrons. The van der Waals surface area contributed by atoms with Crippen LogP contribution >= 0.6 is 0 Å². The monoisotopic (exact) mass is 437 g/mol. The zero-order valence-corrected chi connectivity index (χ0v) is 18.8. The first kappa shape index (κ1) is 22.2. The van der Waals surface area contributed by atoms with E-state index in [0.717, 1.165) is 27.9 Å². The van der Waals surface area contributed by atoms with E-state index in [1.165, 1.54) is 0 Å². The standard InChI is InChI=1S/C29H27NO3/c1-3-30(23-8-6-7-20(2)19-23)29(33)27-10-5-4-9-26(27)28(21-11-15-24(31)16-12-21)22-13-17-25(32)18-14-22/h4-19,28,31-32H,3H2,1-2H3. The highest BCUT2D eigenvalue weighted by atomic mass is 16.3. The maximum absolute atomic E-state index is 13.8. The Hall–Kier alpha value is -4.05. The number of rotatable bonds is 6. The Bertz CT molecular complexity index is 1200. The molecule has 0 fully saturated rings. The van der Waals surface area contributed by atoms with E-state index in [9.17, 15) is 15.0 Å². The fourth-order valence-corrected chi connectivity index (χ4v) is 4.21. The first-order valence-electron chi connectivity index (χ1n) is 11.0. The summed E-state index contributed by atoms with van der Waals surface area (Å²) in [5, 5.41) is 19.6. The maximum Gasteiger partial charge on any atom is 0.258 e. The highest BCUT2D eigenvalue weighted by Gasteiger charge is 2.25. The topological polar surface area (TPSA) is 60.8 Å². The van der Waals surface area contributed by atoms with Gasteiger partial charge in [0.1, 0.15) is 11.5 Å². The van der Waals surface area contributed by atoms with E-state index in [0.29, 0.717) is 12.1 Å². The van der Waals surface area contributed by atoms with Crippen molar-refractivity contribution < 1.29 is 15.0 Å². The quantitative estimate of drug-likeness (QED) is 0.350. The second-order valence-corrected chi connectivity index (χ2v) is 8.09. The molecule has 0 atom stereocenters. The van der Waals surface area contributed by atoms with Crippen LogP contribution in [0, 0.1) is 6.92 Å². The van der Waals surface area contributed by atoms with Crippen molar-refractivity contribution in [1.82, 2.24) is 0 Å². The average Bonchev–Trinajstić information content (AvgIpc) is 2.82. The van der Waals surface area contributed by atoms with Gasteiger partial charge in [-0.1, -0.05) is 54.6 Å². The summed E-state index contributed by atoms with van der Waals surface area (Å²) in [6, 6.07) is 29.7. The highest BCUT2D eigenvalue weighted by molar-refractivity contribution is 6.07. The number of carbonyl (C=O) groups is 1. The molecule has 0 bridgehead atoms. The average molecular weight is 438 g/mol. The number of anilines is 1. The van der Waals surface area contributed by atoms with Gasteiger partial charge >= 0.3 is 0 Å². The maximum atomic E-state index is 13.8. The zero-order chi connectivity index (χ0) is 23.4. The first-order chi connectivity index (χ1) is 16.0. The van der Waals surface area contributed by atoms with E-state index in [1.54, 1.807) is 29.2 Å². The molecule has 0 unspecified atom stereocenters. The van der Waals surface area contributed by atoms with Crippen LogP contribution in [-0.4, -0.2) is 22.7 Å². The molecule has 0 aromatic heterocycles. The molecular formula is C29H27NO3. The summed E-state index contributed by atoms with van der Waals surface area (Å²) in [5.74, 6) is 0.0529. The van der Waals surface area contributed by atoms with Crippen molar-refractivity contribution in [3.63, 3.8) is 0 Å². The van der Waals surface area contributed by atoms with Crippen molar-refractivity contribution in [1.29, 1.82) is 0 Å². The minimum Gasteiger partial charge on any atom is -0.508 e. The van der Waals surface area contributed by atoms with Gasteiger partial charge in [-0.05, 0) is 78.6 Å². The van der Waals surface area contributed by atoms with E-state index in [4.69, 9.17) is 0 Å². The lowest BCUT2D eigenvalue weighted by Gasteiger charge is -2.26. The molecule has 0 heterocycles. The van der Waals surface area contributed by atoms with E-state index >= 15 is 0 Å². The van der Waals surface area contributed by atoms with Crippen LogP contribution in [0.3, 0.4) is 0 Å². The predicted molar refractivity (Wildman–Crippen MR) is 132 cm³/mol. The predicted octanol–water partition coefficient (Wildman–Crippen LogP) is 6.25. The van der Waals surface area contributed by atoms with E-state index in [1.807, 2.05) is 86.6 Å². The van der Waals surface area contributed by atoms with Crippen molar-refractivity contribution in [3.8, 4) is 11.5 Å². The summed E-state index contributed by atoms with van der Waals surface area (Å²) in [6.45, 7) is 4.53. The lowest BCUT2D eigenvalue weighted by Crippen LogP contribution is -2.31. The number of amides is 1. The Morgan fingerprint density at radius 3 is 1.91 bits per heavy atom. The fourth-order valence-electron chi connectivity index (χ4n) is 4.21. The highest BCUT2D eigenvalue weighted by Crippen LogP contribution is 2.36. The van der Waals surface area contributed by atoms with Gasteiger partial charge in [-0.3, -0.25) is 4.79 Å². The van der Waals surface area contributed by atoms with Crippen LogP contribution < -0.4 is 4.90 Å². The minimum absolute atomic E-state index is 0.0683. The van der Waals surface area contributed by atoms with Crippen LogP contribution in [0.2, 0.25) is 0 Å². The van der Waals surface area contributed by atoms with Crippen molar-refractivity contribution in [2.45, 2.75) is 19.8 Å². The molecule has 4 aromatic rings. The van der Waals surface area contributed by atoms with Crippen LogP contribution in [0.1, 0.15) is 45.5 Å². The molecule has 2 N–H and O–H groups in total. The Labute approximate surface area is 194 Å². The van der Waals surface area contributed by atoms with Crippen LogP contribution in [0.5, 0.6) is 11.5 Å². The molecule has 0 aliphatic carbocycles. The van der Waals surface area contributed by atoms with Crippen LogP contribution in [-0.2, 0) is 0 Å². The second kappa shape index (κ2) is 9.61. The van der Waals surface area contributed by atoms with Gasteiger partial charge in [-0.25, -0.2) is 0 Å². The van der Waals surface area contributed by atoms with E-state index in [-0.39, 0.29) is 23.3 Å². The molecular weight excluding hydrogens is 410 g/mol. The van der Waals surface area contributed by atoms with Gasteiger partial charge in [0, 0.05) is 23.7 Å². The number of nitrogens with zero attached hydrogens (tertiary/aromatic N) is 1. The molecule has 4 nitrogen and oxygen atoms in total. The summed E-state index contributed by atoms with van der Waals surface area (Å²) < 4.78 is 0. The Balaban J connectivity index is 1.85. The summed E-state index contributed by atoms with van der Waals surface area (Å²) in [7, 11) is 0. The van der Waals surface area contributed by atoms with Gasteiger partial charge in [0.05, 0.1) is 0 Å². The van der Waals surface area contributed by atoms with Crippen molar-refractivity contribution in [3.05, 3.63) is 125 Å².